The maximum Gasteiger partial charge on any atom is 0.0136 e. The largest absolute Gasteiger partial charge is 0.327 e. The topological polar surface area (TPSA) is 41.3 Å². The van der Waals surface area contributed by atoms with Crippen LogP contribution in [0.2, 0.25) is 0 Å². The summed E-state index contributed by atoms with van der Waals surface area (Å²) < 4.78 is 0. The molecule has 3 heteroatoms. The fourth-order valence-electron chi connectivity index (χ4n) is 1.71. The Balaban J connectivity index is 2.00. The summed E-state index contributed by atoms with van der Waals surface area (Å²) in [6.07, 6.45) is 1.34. The second-order valence-electron chi connectivity index (χ2n) is 4.05. The summed E-state index contributed by atoms with van der Waals surface area (Å²) in [4.78, 5) is 2.39. The number of hydrogen-bond donors (Lipinski definition) is 2. The van der Waals surface area contributed by atoms with Crippen molar-refractivity contribution in [1.29, 1.82) is 0 Å². The van der Waals surface area contributed by atoms with Crippen molar-refractivity contribution in [3.63, 3.8) is 0 Å². The van der Waals surface area contributed by atoms with Crippen molar-refractivity contribution in [2.75, 3.05) is 33.2 Å². The van der Waals surface area contributed by atoms with Crippen LogP contribution >= 0.6 is 0 Å². The van der Waals surface area contributed by atoms with E-state index in [9.17, 15) is 0 Å². The smallest absolute Gasteiger partial charge is 0.0136 e. The molecule has 0 spiro atoms. The third-order valence-corrected chi connectivity index (χ3v) is 2.39. The van der Waals surface area contributed by atoms with Gasteiger partial charge in [-0.15, -0.1) is 0 Å². The molecule has 0 radical (unpaired) electrons. The van der Waals surface area contributed by atoms with Crippen molar-refractivity contribution in [2.45, 2.75) is 19.4 Å². The van der Waals surface area contributed by atoms with Crippen LogP contribution in [-0.2, 0) is 0 Å². The van der Waals surface area contributed by atoms with Crippen molar-refractivity contribution in [3.05, 3.63) is 0 Å². The number of nitrogens with two attached hydrogens (primary N) is 1. The van der Waals surface area contributed by atoms with Crippen molar-refractivity contribution >= 4 is 0 Å². The Bertz CT molecular complexity index is 125. The second-order valence-corrected chi connectivity index (χ2v) is 4.05. The lowest BCUT2D eigenvalue weighted by Crippen LogP contribution is -2.34. The van der Waals surface area contributed by atoms with Gasteiger partial charge in [-0.1, -0.05) is 0 Å². The molecule has 1 aliphatic rings. The zero-order valence-corrected chi connectivity index (χ0v) is 8.21. The summed E-state index contributed by atoms with van der Waals surface area (Å²) in [5, 5.41) is 3.40. The molecule has 1 saturated heterocycles. The molecule has 0 amide bonds. The molecule has 0 bridgehead atoms. The maximum absolute atomic E-state index is 5.63. The van der Waals surface area contributed by atoms with Crippen LogP contribution in [-0.4, -0.2) is 44.2 Å². The molecule has 0 aromatic rings. The minimum Gasteiger partial charge on any atom is -0.327 e. The lowest BCUT2D eigenvalue weighted by atomic mass is 10.1. The number of nitrogens with zero attached hydrogens (tertiary/aromatic N) is 1. The standard InChI is InChI=1S/C9H21N3/c1-8(10)5-11-6-9-3-4-12(2)7-9/h8-9,11H,3-7,10H2,1-2H3. The van der Waals surface area contributed by atoms with Crippen LogP contribution in [0.3, 0.4) is 0 Å². The minimum atomic E-state index is 0.282. The zero-order chi connectivity index (χ0) is 8.97. The lowest BCUT2D eigenvalue weighted by molar-refractivity contribution is 0.387. The van der Waals surface area contributed by atoms with E-state index in [-0.39, 0.29) is 6.04 Å². The predicted octanol–water partition coefficient (Wildman–Crippen LogP) is -0.125. The first-order chi connectivity index (χ1) is 5.68. The van der Waals surface area contributed by atoms with Gasteiger partial charge in [-0.25, -0.2) is 0 Å². The van der Waals surface area contributed by atoms with Crippen molar-refractivity contribution < 1.29 is 0 Å². The van der Waals surface area contributed by atoms with Crippen LogP contribution < -0.4 is 11.1 Å². The molecule has 1 heterocycles. The van der Waals surface area contributed by atoms with Crippen LogP contribution in [0.5, 0.6) is 0 Å². The molecule has 12 heavy (non-hydrogen) atoms. The van der Waals surface area contributed by atoms with Gasteiger partial charge < -0.3 is 16.0 Å². The molecular formula is C9H21N3. The number of hydrogen-bond acceptors (Lipinski definition) is 3. The Morgan fingerprint density at radius 1 is 1.67 bits per heavy atom. The fraction of sp³-hybridized carbons (Fsp3) is 1.00. The minimum absolute atomic E-state index is 0.282. The summed E-state index contributed by atoms with van der Waals surface area (Å²) in [7, 11) is 2.19. The molecule has 1 aliphatic heterocycles. The van der Waals surface area contributed by atoms with Crippen LogP contribution in [0.25, 0.3) is 0 Å². The lowest BCUT2D eigenvalue weighted by Gasteiger charge is -2.12. The van der Waals surface area contributed by atoms with E-state index in [1.54, 1.807) is 0 Å². The van der Waals surface area contributed by atoms with Crippen LogP contribution in [0, 0.1) is 5.92 Å². The van der Waals surface area contributed by atoms with Gasteiger partial charge in [-0.3, -0.25) is 0 Å². The van der Waals surface area contributed by atoms with Crippen LogP contribution in [0.4, 0.5) is 0 Å². The second kappa shape index (κ2) is 4.80. The molecule has 0 saturated carbocycles. The molecule has 1 fully saturated rings. The molecule has 2 unspecified atom stereocenters. The molecular weight excluding hydrogens is 150 g/mol. The molecule has 1 rings (SSSR count). The van der Waals surface area contributed by atoms with Gasteiger partial charge in [0.1, 0.15) is 0 Å². The van der Waals surface area contributed by atoms with Crippen LogP contribution in [0.1, 0.15) is 13.3 Å². The predicted molar refractivity (Wildman–Crippen MR) is 52.1 cm³/mol. The van der Waals surface area contributed by atoms with E-state index in [0.717, 1.165) is 19.0 Å². The first kappa shape index (κ1) is 9.96. The van der Waals surface area contributed by atoms with Gasteiger partial charge >= 0.3 is 0 Å². The van der Waals surface area contributed by atoms with E-state index in [1.807, 2.05) is 6.92 Å². The summed E-state index contributed by atoms with van der Waals surface area (Å²) >= 11 is 0. The number of likely N-dealkylation sites (tertiary alicyclic amines) is 1. The van der Waals surface area contributed by atoms with Gasteiger partial charge in [-0.2, -0.15) is 0 Å². The summed E-state index contributed by atoms with van der Waals surface area (Å²) in [6.45, 7) is 6.61. The fourth-order valence-corrected chi connectivity index (χ4v) is 1.71. The maximum atomic E-state index is 5.63. The molecule has 3 N–H and O–H groups in total. The van der Waals surface area contributed by atoms with Gasteiger partial charge in [0.05, 0.1) is 0 Å². The highest BCUT2D eigenvalue weighted by molar-refractivity contribution is 4.75. The third-order valence-electron chi connectivity index (χ3n) is 2.39. The highest BCUT2D eigenvalue weighted by Crippen LogP contribution is 2.12. The van der Waals surface area contributed by atoms with Crippen molar-refractivity contribution in [2.24, 2.45) is 11.7 Å². The van der Waals surface area contributed by atoms with E-state index in [1.165, 1.54) is 19.5 Å². The summed E-state index contributed by atoms with van der Waals surface area (Å²) in [5.41, 5.74) is 5.63. The average Bonchev–Trinajstić information content (AvgIpc) is 2.35. The van der Waals surface area contributed by atoms with Gasteiger partial charge in [0, 0.05) is 19.1 Å². The molecule has 0 aliphatic carbocycles. The molecule has 2 atom stereocenters. The average molecular weight is 171 g/mol. The summed E-state index contributed by atoms with van der Waals surface area (Å²) in [6, 6.07) is 0.282. The highest BCUT2D eigenvalue weighted by Gasteiger charge is 2.18. The van der Waals surface area contributed by atoms with Gasteiger partial charge in [0.25, 0.3) is 0 Å². The summed E-state index contributed by atoms with van der Waals surface area (Å²) in [5.74, 6) is 0.841. The van der Waals surface area contributed by atoms with Gasteiger partial charge in [0.2, 0.25) is 0 Å². The van der Waals surface area contributed by atoms with E-state index < -0.39 is 0 Å². The SMILES string of the molecule is CC(N)CNCC1CCN(C)C1. The Morgan fingerprint density at radius 2 is 2.42 bits per heavy atom. The first-order valence-corrected chi connectivity index (χ1v) is 4.83. The molecule has 3 nitrogen and oxygen atoms in total. The normalized spacial score (nSPS) is 27.8. The van der Waals surface area contributed by atoms with E-state index in [4.69, 9.17) is 5.73 Å². The van der Waals surface area contributed by atoms with Crippen molar-refractivity contribution in [1.82, 2.24) is 10.2 Å². The Labute approximate surface area is 75.3 Å². The number of nitrogens with one attached hydrogen (secondary N) is 1. The van der Waals surface area contributed by atoms with E-state index in [0.29, 0.717) is 0 Å². The molecule has 72 valence electrons. The Hall–Kier alpha value is -0.120. The first-order valence-electron chi connectivity index (χ1n) is 4.83. The third kappa shape index (κ3) is 3.52. The molecule has 0 aromatic heterocycles. The molecule has 0 aromatic carbocycles. The number of rotatable bonds is 4. The zero-order valence-electron chi connectivity index (χ0n) is 8.21. The van der Waals surface area contributed by atoms with Crippen LogP contribution in [0.15, 0.2) is 0 Å². The Morgan fingerprint density at radius 3 is 2.92 bits per heavy atom. The van der Waals surface area contributed by atoms with E-state index >= 15 is 0 Å². The Kier molecular flexibility index (Phi) is 3.98. The van der Waals surface area contributed by atoms with Gasteiger partial charge in [-0.05, 0) is 39.4 Å². The monoisotopic (exact) mass is 171 g/mol. The van der Waals surface area contributed by atoms with Gasteiger partial charge in [0.15, 0.2) is 0 Å². The highest BCUT2D eigenvalue weighted by atomic mass is 15.1. The van der Waals surface area contributed by atoms with E-state index in [2.05, 4.69) is 17.3 Å². The van der Waals surface area contributed by atoms with Crippen molar-refractivity contribution in [3.8, 4) is 0 Å². The quantitative estimate of drug-likeness (QED) is 0.619.